The van der Waals surface area contributed by atoms with E-state index in [1.807, 2.05) is 30.3 Å². The van der Waals surface area contributed by atoms with E-state index in [2.05, 4.69) is 6.58 Å². The minimum Gasteiger partial charge on any atom is -0.489 e. The average molecular weight is 252 g/mol. The average Bonchev–Trinajstić information content (AvgIpc) is 2.46. The molecule has 0 saturated carbocycles. The Morgan fingerprint density at radius 3 is 2.26 bits per heavy atom. The largest absolute Gasteiger partial charge is 0.489 e. The van der Waals surface area contributed by atoms with Crippen LogP contribution in [0.5, 0.6) is 5.75 Å². The Morgan fingerprint density at radius 2 is 1.68 bits per heavy atom. The molecular formula is C17H16O2. The van der Waals surface area contributed by atoms with Crippen molar-refractivity contribution >= 4 is 5.78 Å². The van der Waals surface area contributed by atoms with E-state index >= 15 is 0 Å². The van der Waals surface area contributed by atoms with Crippen molar-refractivity contribution in [2.75, 3.05) is 0 Å². The molecule has 96 valence electrons. The zero-order chi connectivity index (χ0) is 13.7. The summed E-state index contributed by atoms with van der Waals surface area (Å²) in [6.07, 6.45) is 0. The highest BCUT2D eigenvalue weighted by molar-refractivity contribution is 6.07. The summed E-state index contributed by atoms with van der Waals surface area (Å²) in [4.78, 5) is 11.7. The molecule has 0 fully saturated rings. The van der Waals surface area contributed by atoms with Gasteiger partial charge in [-0.1, -0.05) is 36.9 Å². The fourth-order valence-electron chi connectivity index (χ4n) is 1.69. The van der Waals surface area contributed by atoms with Crippen molar-refractivity contribution in [1.29, 1.82) is 0 Å². The van der Waals surface area contributed by atoms with Crippen LogP contribution in [0.3, 0.4) is 0 Å². The van der Waals surface area contributed by atoms with Gasteiger partial charge in [-0.2, -0.15) is 0 Å². The Labute approximate surface area is 113 Å². The standard InChI is InChI=1S/C17H16O2/c1-13(2)17(18)15-8-10-16(11-9-15)19-12-14-6-4-3-5-7-14/h3-11H,1,12H2,2H3. The Kier molecular flexibility index (Phi) is 4.14. The lowest BCUT2D eigenvalue weighted by molar-refractivity contribution is 0.103. The zero-order valence-electron chi connectivity index (χ0n) is 10.9. The van der Waals surface area contributed by atoms with Gasteiger partial charge in [-0.25, -0.2) is 0 Å². The minimum absolute atomic E-state index is 0.0328. The molecule has 0 aromatic heterocycles. The summed E-state index contributed by atoms with van der Waals surface area (Å²) < 4.78 is 5.65. The monoisotopic (exact) mass is 252 g/mol. The Balaban J connectivity index is 1.99. The quantitative estimate of drug-likeness (QED) is 0.593. The maximum Gasteiger partial charge on any atom is 0.188 e. The first kappa shape index (κ1) is 13.1. The van der Waals surface area contributed by atoms with Crippen molar-refractivity contribution in [3.63, 3.8) is 0 Å². The second-order valence-electron chi connectivity index (χ2n) is 4.41. The minimum atomic E-state index is -0.0328. The fraction of sp³-hybridized carbons (Fsp3) is 0.118. The molecule has 0 aliphatic rings. The van der Waals surface area contributed by atoms with Crippen molar-refractivity contribution in [1.82, 2.24) is 0 Å². The van der Waals surface area contributed by atoms with Gasteiger partial charge in [0.15, 0.2) is 5.78 Å². The maximum absolute atomic E-state index is 11.7. The molecule has 2 nitrogen and oxygen atoms in total. The third-order valence-corrected chi connectivity index (χ3v) is 2.75. The molecule has 0 atom stereocenters. The van der Waals surface area contributed by atoms with E-state index in [1.165, 1.54) is 0 Å². The normalized spacial score (nSPS) is 9.95. The summed E-state index contributed by atoms with van der Waals surface area (Å²) in [7, 11) is 0. The first-order valence-electron chi connectivity index (χ1n) is 6.14. The number of Topliss-reactive ketones (excluding diaryl/α,β-unsaturated/α-hetero) is 1. The Bertz CT molecular complexity index is 568. The topological polar surface area (TPSA) is 26.3 Å². The second kappa shape index (κ2) is 6.01. The van der Waals surface area contributed by atoms with Gasteiger partial charge < -0.3 is 4.74 Å². The molecular weight excluding hydrogens is 236 g/mol. The van der Waals surface area contributed by atoms with E-state index in [0.29, 0.717) is 17.7 Å². The van der Waals surface area contributed by atoms with E-state index in [1.54, 1.807) is 31.2 Å². The van der Waals surface area contributed by atoms with Gasteiger partial charge in [-0.15, -0.1) is 0 Å². The number of allylic oxidation sites excluding steroid dienone is 1. The highest BCUT2D eigenvalue weighted by atomic mass is 16.5. The lowest BCUT2D eigenvalue weighted by Gasteiger charge is -2.07. The predicted octanol–water partition coefficient (Wildman–Crippen LogP) is 4.02. The highest BCUT2D eigenvalue weighted by Crippen LogP contribution is 2.16. The van der Waals surface area contributed by atoms with E-state index in [9.17, 15) is 4.79 Å². The lowest BCUT2D eigenvalue weighted by Crippen LogP contribution is -2.00. The van der Waals surface area contributed by atoms with Crippen LogP contribution in [0.2, 0.25) is 0 Å². The van der Waals surface area contributed by atoms with Crippen LogP contribution in [0.25, 0.3) is 0 Å². The van der Waals surface area contributed by atoms with E-state index in [0.717, 1.165) is 11.3 Å². The first-order chi connectivity index (χ1) is 9.16. The Morgan fingerprint density at radius 1 is 1.05 bits per heavy atom. The highest BCUT2D eigenvalue weighted by Gasteiger charge is 2.06. The van der Waals surface area contributed by atoms with Crippen LogP contribution in [0.1, 0.15) is 22.8 Å². The first-order valence-corrected chi connectivity index (χ1v) is 6.14. The third kappa shape index (κ3) is 3.55. The number of hydrogen-bond acceptors (Lipinski definition) is 2. The molecule has 19 heavy (non-hydrogen) atoms. The molecule has 0 N–H and O–H groups in total. The van der Waals surface area contributed by atoms with Crippen molar-refractivity contribution in [3.8, 4) is 5.75 Å². The number of carbonyl (C=O) groups is 1. The van der Waals surface area contributed by atoms with Crippen LogP contribution in [-0.4, -0.2) is 5.78 Å². The van der Waals surface area contributed by atoms with Gasteiger partial charge >= 0.3 is 0 Å². The molecule has 0 heterocycles. The van der Waals surface area contributed by atoms with E-state index in [4.69, 9.17) is 4.74 Å². The van der Waals surface area contributed by atoms with Crippen molar-refractivity contribution in [3.05, 3.63) is 77.9 Å². The SMILES string of the molecule is C=C(C)C(=O)c1ccc(OCc2ccccc2)cc1. The van der Waals surface area contributed by atoms with Crippen LogP contribution in [0.4, 0.5) is 0 Å². The van der Waals surface area contributed by atoms with Gasteiger partial charge in [0, 0.05) is 5.56 Å². The molecule has 0 radical (unpaired) electrons. The van der Waals surface area contributed by atoms with Crippen LogP contribution >= 0.6 is 0 Å². The number of benzene rings is 2. The van der Waals surface area contributed by atoms with Crippen LogP contribution < -0.4 is 4.74 Å². The number of rotatable bonds is 5. The number of ketones is 1. The van der Waals surface area contributed by atoms with Crippen LogP contribution in [0, 0.1) is 0 Å². The smallest absolute Gasteiger partial charge is 0.188 e. The summed E-state index contributed by atoms with van der Waals surface area (Å²) in [5.74, 6) is 0.719. The lowest BCUT2D eigenvalue weighted by atomic mass is 10.1. The molecule has 2 rings (SSSR count). The predicted molar refractivity (Wildman–Crippen MR) is 76.4 cm³/mol. The fourth-order valence-corrected chi connectivity index (χ4v) is 1.69. The summed E-state index contributed by atoms with van der Waals surface area (Å²) in [6.45, 7) is 5.88. The van der Waals surface area contributed by atoms with Crippen molar-refractivity contribution < 1.29 is 9.53 Å². The summed E-state index contributed by atoms with van der Waals surface area (Å²) in [5, 5.41) is 0. The molecule has 0 amide bonds. The Hall–Kier alpha value is -2.35. The summed E-state index contributed by atoms with van der Waals surface area (Å²) in [5.41, 5.74) is 2.29. The zero-order valence-corrected chi connectivity index (χ0v) is 10.9. The van der Waals surface area contributed by atoms with E-state index in [-0.39, 0.29) is 5.78 Å². The van der Waals surface area contributed by atoms with E-state index < -0.39 is 0 Å². The van der Waals surface area contributed by atoms with Gasteiger partial charge in [0.25, 0.3) is 0 Å². The number of carbonyl (C=O) groups excluding carboxylic acids is 1. The molecule has 2 heteroatoms. The molecule has 0 saturated heterocycles. The van der Waals surface area contributed by atoms with Crippen LogP contribution in [-0.2, 0) is 6.61 Å². The van der Waals surface area contributed by atoms with Gasteiger partial charge in [-0.3, -0.25) is 4.79 Å². The summed E-state index contributed by atoms with van der Waals surface area (Å²) in [6, 6.07) is 17.1. The molecule has 2 aromatic carbocycles. The molecule has 0 bridgehead atoms. The summed E-state index contributed by atoms with van der Waals surface area (Å²) >= 11 is 0. The number of ether oxygens (including phenoxy) is 1. The molecule has 0 spiro atoms. The van der Waals surface area contributed by atoms with Crippen molar-refractivity contribution in [2.45, 2.75) is 13.5 Å². The second-order valence-corrected chi connectivity index (χ2v) is 4.41. The van der Waals surface area contributed by atoms with Gasteiger partial charge in [-0.05, 0) is 42.3 Å². The molecule has 2 aromatic rings. The van der Waals surface area contributed by atoms with Crippen LogP contribution in [0.15, 0.2) is 66.7 Å². The maximum atomic E-state index is 11.7. The molecule has 0 unspecified atom stereocenters. The molecule has 0 aliphatic carbocycles. The van der Waals surface area contributed by atoms with Gasteiger partial charge in [0.1, 0.15) is 12.4 Å². The van der Waals surface area contributed by atoms with Gasteiger partial charge in [0.2, 0.25) is 0 Å². The van der Waals surface area contributed by atoms with Crippen molar-refractivity contribution in [2.24, 2.45) is 0 Å². The molecule has 0 aliphatic heterocycles. The number of hydrogen-bond donors (Lipinski definition) is 0. The third-order valence-electron chi connectivity index (χ3n) is 2.75. The van der Waals surface area contributed by atoms with Gasteiger partial charge in [0.05, 0.1) is 0 Å².